The highest BCUT2D eigenvalue weighted by atomic mass is 16.3. The fourth-order valence-electron chi connectivity index (χ4n) is 2.67. The van der Waals surface area contributed by atoms with Gasteiger partial charge in [-0.15, -0.1) is 0 Å². The minimum absolute atomic E-state index is 0.0177. The van der Waals surface area contributed by atoms with E-state index >= 15 is 0 Å². The Morgan fingerprint density at radius 3 is 2.42 bits per heavy atom. The van der Waals surface area contributed by atoms with Crippen molar-refractivity contribution in [3.8, 4) is 28.6 Å². The summed E-state index contributed by atoms with van der Waals surface area (Å²) in [7, 11) is 0. The van der Waals surface area contributed by atoms with Gasteiger partial charge in [0.1, 0.15) is 34.0 Å². The first-order valence-electron chi connectivity index (χ1n) is 7.92. The summed E-state index contributed by atoms with van der Waals surface area (Å²) in [5.74, 6) is -0.406. The van der Waals surface area contributed by atoms with Crippen molar-refractivity contribution in [2.24, 2.45) is 0 Å². The zero-order valence-corrected chi connectivity index (χ0v) is 14.1. The maximum atomic E-state index is 12.5. The summed E-state index contributed by atoms with van der Waals surface area (Å²) < 4.78 is 5.66. The smallest absolute Gasteiger partial charge is 0.197 e. The first-order chi connectivity index (χ1) is 12.3. The Bertz CT molecular complexity index is 1050. The van der Waals surface area contributed by atoms with Crippen LogP contribution in [-0.4, -0.2) is 26.5 Å². The van der Waals surface area contributed by atoms with Crippen LogP contribution >= 0.6 is 0 Å². The minimum Gasteiger partial charge on any atom is -0.508 e. The molecule has 6 nitrogen and oxygen atoms in total. The summed E-state index contributed by atoms with van der Waals surface area (Å²) in [6, 6.07) is 8.53. The molecule has 3 aromatic rings. The third-order valence-electron chi connectivity index (χ3n) is 4.19. The van der Waals surface area contributed by atoms with Crippen LogP contribution in [0.1, 0.15) is 12.5 Å². The zero-order valence-electron chi connectivity index (χ0n) is 14.1. The molecule has 1 atom stereocenters. The number of fused-ring (bicyclic) bond motifs is 1. The van der Waals surface area contributed by atoms with Crippen LogP contribution in [0.4, 0.5) is 0 Å². The molecule has 0 saturated heterocycles. The minimum atomic E-state index is -0.965. The average Bonchev–Trinajstić information content (AvgIpc) is 2.58. The molecule has 0 saturated carbocycles. The first-order valence-corrected chi connectivity index (χ1v) is 7.92. The second kappa shape index (κ2) is 6.57. The van der Waals surface area contributed by atoms with Crippen LogP contribution in [0.5, 0.6) is 17.2 Å². The molecule has 0 bridgehead atoms. The number of phenolic OH excluding ortho intramolecular Hbond substituents is 3. The van der Waals surface area contributed by atoms with Gasteiger partial charge in [0.05, 0.1) is 6.10 Å². The Morgan fingerprint density at radius 1 is 1.15 bits per heavy atom. The summed E-state index contributed by atoms with van der Waals surface area (Å²) in [6.07, 6.45) is -1.05. The fraction of sp³-hybridized carbons (Fsp3) is 0.150. The number of benzene rings is 2. The molecule has 2 aromatic carbocycles. The number of hydrogen-bond donors (Lipinski definition) is 4. The quantitative estimate of drug-likeness (QED) is 0.536. The highest BCUT2D eigenvalue weighted by Crippen LogP contribution is 2.36. The summed E-state index contributed by atoms with van der Waals surface area (Å²) in [4.78, 5) is 12.5. The topological polar surface area (TPSA) is 111 Å². The van der Waals surface area contributed by atoms with Crippen LogP contribution < -0.4 is 5.43 Å². The Balaban J connectivity index is 2.17. The summed E-state index contributed by atoms with van der Waals surface area (Å²) in [5.41, 5.74) is 0.612. The second-order valence-corrected chi connectivity index (χ2v) is 6.18. The van der Waals surface area contributed by atoms with Gasteiger partial charge in [-0.2, -0.15) is 0 Å². The molecular formula is C20H18O6. The van der Waals surface area contributed by atoms with E-state index in [1.165, 1.54) is 24.3 Å². The van der Waals surface area contributed by atoms with Gasteiger partial charge >= 0.3 is 0 Å². The maximum absolute atomic E-state index is 12.5. The molecule has 26 heavy (non-hydrogen) atoms. The number of phenols is 3. The molecule has 0 aliphatic heterocycles. The van der Waals surface area contributed by atoms with Crippen molar-refractivity contribution in [3.05, 3.63) is 64.3 Å². The maximum Gasteiger partial charge on any atom is 0.197 e. The number of rotatable bonds is 4. The molecule has 0 aliphatic rings. The number of aromatic hydroxyl groups is 3. The van der Waals surface area contributed by atoms with Gasteiger partial charge in [0.25, 0.3) is 0 Å². The number of aliphatic hydroxyl groups is 1. The lowest BCUT2D eigenvalue weighted by Crippen LogP contribution is -2.12. The molecule has 1 unspecified atom stereocenters. The van der Waals surface area contributed by atoms with Gasteiger partial charge in [-0.25, -0.2) is 0 Å². The number of hydrogen-bond acceptors (Lipinski definition) is 6. The van der Waals surface area contributed by atoms with Crippen LogP contribution in [0.15, 0.2) is 57.8 Å². The monoisotopic (exact) mass is 354 g/mol. The van der Waals surface area contributed by atoms with E-state index in [1.54, 1.807) is 19.1 Å². The predicted molar refractivity (Wildman–Crippen MR) is 97.4 cm³/mol. The third-order valence-corrected chi connectivity index (χ3v) is 4.19. The third kappa shape index (κ3) is 3.14. The number of aliphatic hydroxyl groups excluding tert-OH is 1. The average molecular weight is 354 g/mol. The molecule has 6 heteroatoms. The van der Waals surface area contributed by atoms with Gasteiger partial charge in [0, 0.05) is 29.7 Å². The molecule has 0 amide bonds. The summed E-state index contributed by atoms with van der Waals surface area (Å²) in [6.45, 7) is 5.25. The Labute approximate surface area is 148 Å². The lowest BCUT2D eigenvalue weighted by atomic mass is 9.99. The van der Waals surface area contributed by atoms with Crippen molar-refractivity contribution in [1.82, 2.24) is 0 Å². The molecule has 134 valence electrons. The fourth-order valence-corrected chi connectivity index (χ4v) is 2.67. The van der Waals surface area contributed by atoms with Gasteiger partial charge in [-0.05, 0) is 31.2 Å². The van der Waals surface area contributed by atoms with Gasteiger partial charge in [0.15, 0.2) is 5.43 Å². The van der Waals surface area contributed by atoms with Crippen molar-refractivity contribution < 1.29 is 24.8 Å². The molecule has 0 spiro atoms. The van der Waals surface area contributed by atoms with Gasteiger partial charge in [-0.3, -0.25) is 4.79 Å². The van der Waals surface area contributed by atoms with Crippen molar-refractivity contribution in [3.63, 3.8) is 0 Å². The highest BCUT2D eigenvalue weighted by Gasteiger charge is 2.20. The van der Waals surface area contributed by atoms with E-state index in [9.17, 15) is 25.2 Å². The Morgan fingerprint density at radius 2 is 1.81 bits per heavy atom. The standard InChI is InChI=1S/C20H18O6/c1-10(2)14(22)7-13-15(23)8-18-19(20(13)25)16(24)9-17(26-18)11-3-5-12(21)6-4-11/h3-6,8-9,14,21-23,25H,1,7H2,2H3. The first kappa shape index (κ1) is 17.6. The van der Waals surface area contributed by atoms with Crippen LogP contribution in [0.3, 0.4) is 0 Å². The zero-order chi connectivity index (χ0) is 19.0. The Hall–Kier alpha value is -3.25. The normalized spacial score (nSPS) is 12.2. The van der Waals surface area contributed by atoms with Gasteiger partial charge in [-0.1, -0.05) is 12.2 Å². The molecule has 1 aromatic heterocycles. The Kier molecular flexibility index (Phi) is 4.44. The van der Waals surface area contributed by atoms with Crippen LogP contribution in [0.2, 0.25) is 0 Å². The van der Waals surface area contributed by atoms with Crippen LogP contribution in [-0.2, 0) is 6.42 Å². The van der Waals surface area contributed by atoms with E-state index in [0.717, 1.165) is 0 Å². The van der Waals surface area contributed by atoms with E-state index in [2.05, 4.69) is 6.58 Å². The summed E-state index contributed by atoms with van der Waals surface area (Å²) in [5, 5.41) is 39.9. The molecular weight excluding hydrogens is 336 g/mol. The van der Waals surface area contributed by atoms with E-state index in [0.29, 0.717) is 11.1 Å². The van der Waals surface area contributed by atoms with E-state index in [4.69, 9.17) is 4.42 Å². The second-order valence-electron chi connectivity index (χ2n) is 6.18. The largest absolute Gasteiger partial charge is 0.508 e. The van der Waals surface area contributed by atoms with Crippen molar-refractivity contribution >= 4 is 11.0 Å². The van der Waals surface area contributed by atoms with Crippen molar-refractivity contribution in [1.29, 1.82) is 0 Å². The van der Waals surface area contributed by atoms with Crippen molar-refractivity contribution in [2.75, 3.05) is 0 Å². The lowest BCUT2D eigenvalue weighted by molar-refractivity contribution is 0.209. The SMILES string of the molecule is C=C(C)C(O)Cc1c(O)cc2oc(-c3ccc(O)cc3)cc(=O)c2c1O. The van der Waals surface area contributed by atoms with Crippen LogP contribution in [0, 0.1) is 0 Å². The van der Waals surface area contributed by atoms with Gasteiger partial charge < -0.3 is 24.8 Å². The molecule has 0 radical (unpaired) electrons. The van der Waals surface area contributed by atoms with E-state index in [1.807, 2.05) is 0 Å². The summed E-state index contributed by atoms with van der Waals surface area (Å²) >= 11 is 0. The molecule has 4 N–H and O–H groups in total. The lowest BCUT2D eigenvalue weighted by Gasteiger charge is -2.14. The molecule has 0 fully saturated rings. The van der Waals surface area contributed by atoms with Gasteiger partial charge in [0.2, 0.25) is 0 Å². The molecule has 3 rings (SSSR count). The van der Waals surface area contributed by atoms with Crippen molar-refractivity contribution in [2.45, 2.75) is 19.4 Å². The predicted octanol–water partition coefficient (Wildman–Crippen LogP) is 3.06. The molecule has 1 heterocycles. The molecule has 0 aliphatic carbocycles. The van der Waals surface area contributed by atoms with E-state index < -0.39 is 17.3 Å². The highest BCUT2D eigenvalue weighted by molar-refractivity contribution is 5.88. The van der Waals surface area contributed by atoms with E-state index in [-0.39, 0.29) is 40.2 Å². The van der Waals surface area contributed by atoms with Crippen LogP contribution in [0.25, 0.3) is 22.3 Å².